The second kappa shape index (κ2) is 4.94. The summed E-state index contributed by atoms with van der Waals surface area (Å²) < 4.78 is 0. The average molecular weight is 247 g/mol. The van der Waals surface area contributed by atoms with Crippen LogP contribution < -0.4 is 5.56 Å². The molecule has 0 aliphatic heterocycles. The zero-order chi connectivity index (χ0) is 13.1. The van der Waals surface area contributed by atoms with Gasteiger partial charge in [-0.2, -0.15) is 0 Å². The SMILES string of the molecule is O=c1[nH]ccc(-c2ccccc2)c1-c1ccccc1. The molecular formula is C17H13NO. The van der Waals surface area contributed by atoms with Crippen LogP contribution in [0.15, 0.2) is 77.7 Å². The number of hydrogen-bond donors (Lipinski definition) is 1. The Balaban J connectivity index is 2.28. The van der Waals surface area contributed by atoms with Crippen LogP contribution in [0.4, 0.5) is 0 Å². The number of benzene rings is 2. The molecule has 0 atom stereocenters. The van der Waals surface area contributed by atoms with Gasteiger partial charge in [0, 0.05) is 6.20 Å². The lowest BCUT2D eigenvalue weighted by atomic mass is 9.96. The van der Waals surface area contributed by atoms with Crippen LogP contribution in [0.1, 0.15) is 0 Å². The first-order valence-corrected chi connectivity index (χ1v) is 6.19. The maximum atomic E-state index is 12.2. The molecule has 0 fully saturated rings. The molecule has 0 saturated carbocycles. The Morgan fingerprint density at radius 2 is 1.26 bits per heavy atom. The Labute approximate surface area is 111 Å². The molecule has 1 heterocycles. The zero-order valence-corrected chi connectivity index (χ0v) is 10.3. The van der Waals surface area contributed by atoms with Gasteiger partial charge >= 0.3 is 0 Å². The quantitative estimate of drug-likeness (QED) is 0.735. The molecule has 2 aromatic carbocycles. The molecule has 1 aromatic heterocycles. The van der Waals surface area contributed by atoms with Crippen LogP contribution in [-0.2, 0) is 0 Å². The third-order valence-corrected chi connectivity index (χ3v) is 3.11. The minimum absolute atomic E-state index is 0.0625. The first-order chi connectivity index (χ1) is 9.36. The summed E-state index contributed by atoms with van der Waals surface area (Å²) in [5.41, 5.74) is 3.59. The van der Waals surface area contributed by atoms with Crippen molar-refractivity contribution in [3.05, 3.63) is 83.3 Å². The predicted molar refractivity (Wildman–Crippen MR) is 77.9 cm³/mol. The lowest BCUT2D eigenvalue weighted by molar-refractivity contribution is 1.24. The Hall–Kier alpha value is -2.61. The summed E-state index contributed by atoms with van der Waals surface area (Å²) in [4.78, 5) is 14.9. The number of nitrogens with one attached hydrogen (secondary N) is 1. The van der Waals surface area contributed by atoms with Crippen molar-refractivity contribution in [2.45, 2.75) is 0 Å². The fraction of sp³-hybridized carbons (Fsp3) is 0. The van der Waals surface area contributed by atoms with Gasteiger partial charge in [0.25, 0.3) is 5.56 Å². The van der Waals surface area contributed by atoms with Gasteiger partial charge in [0.1, 0.15) is 0 Å². The predicted octanol–water partition coefficient (Wildman–Crippen LogP) is 3.71. The van der Waals surface area contributed by atoms with E-state index in [0.717, 1.165) is 16.7 Å². The van der Waals surface area contributed by atoms with Crippen molar-refractivity contribution in [2.24, 2.45) is 0 Å². The Bertz CT molecular complexity index is 730. The molecule has 2 heteroatoms. The van der Waals surface area contributed by atoms with Gasteiger partial charge in [-0.1, -0.05) is 60.7 Å². The molecule has 1 N–H and O–H groups in total. The van der Waals surface area contributed by atoms with Gasteiger partial charge < -0.3 is 4.98 Å². The molecule has 0 saturated heterocycles. The van der Waals surface area contributed by atoms with Crippen molar-refractivity contribution in [1.82, 2.24) is 4.98 Å². The van der Waals surface area contributed by atoms with Gasteiger partial charge in [-0.15, -0.1) is 0 Å². The highest BCUT2D eigenvalue weighted by molar-refractivity contribution is 5.82. The highest BCUT2D eigenvalue weighted by atomic mass is 16.1. The first-order valence-electron chi connectivity index (χ1n) is 6.19. The largest absolute Gasteiger partial charge is 0.329 e. The molecule has 0 aliphatic rings. The van der Waals surface area contributed by atoms with E-state index in [4.69, 9.17) is 0 Å². The maximum Gasteiger partial charge on any atom is 0.256 e. The Morgan fingerprint density at radius 3 is 1.89 bits per heavy atom. The van der Waals surface area contributed by atoms with Gasteiger partial charge in [0.05, 0.1) is 5.56 Å². The van der Waals surface area contributed by atoms with E-state index in [-0.39, 0.29) is 5.56 Å². The average Bonchev–Trinajstić information content (AvgIpc) is 2.49. The maximum absolute atomic E-state index is 12.2. The summed E-state index contributed by atoms with van der Waals surface area (Å²) in [7, 11) is 0. The van der Waals surface area contributed by atoms with E-state index >= 15 is 0 Å². The van der Waals surface area contributed by atoms with Crippen LogP contribution in [0, 0.1) is 0 Å². The highest BCUT2D eigenvalue weighted by Crippen LogP contribution is 2.28. The van der Waals surface area contributed by atoms with Crippen molar-refractivity contribution in [3.8, 4) is 22.3 Å². The van der Waals surface area contributed by atoms with Crippen molar-refractivity contribution in [3.63, 3.8) is 0 Å². The number of aromatic amines is 1. The molecule has 0 aliphatic carbocycles. The van der Waals surface area contributed by atoms with Crippen molar-refractivity contribution >= 4 is 0 Å². The summed E-state index contributed by atoms with van der Waals surface area (Å²) in [6, 6.07) is 21.6. The third kappa shape index (κ3) is 2.20. The molecule has 0 radical (unpaired) electrons. The number of hydrogen-bond acceptors (Lipinski definition) is 1. The van der Waals surface area contributed by atoms with E-state index in [1.54, 1.807) is 6.20 Å². The second-order valence-electron chi connectivity index (χ2n) is 4.33. The van der Waals surface area contributed by atoms with E-state index in [0.29, 0.717) is 5.56 Å². The van der Waals surface area contributed by atoms with E-state index < -0.39 is 0 Å². The van der Waals surface area contributed by atoms with Crippen LogP contribution >= 0.6 is 0 Å². The van der Waals surface area contributed by atoms with Gasteiger partial charge in [0.15, 0.2) is 0 Å². The van der Waals surface area contributed by atoms with Crippen LogP contribution in [0.5, 0.6) is 0 Å². The zero-order valence-electron chi connectivity index (χ0n) is 10.3. The summed E-state index contributed by atoms with van der Waals surface area (Å²) in [5, 5.41) is 0. The van der Waals surface area contributed by atoms with Crippen LogP contribution in [0.3, 0.4) is 0 Å². The normalized spacial score (nSPS) is 10.3. The minimum Gasteiger partial charge on any atom is -0.329 e. The summed E-state index contributed by atoms with van der Waals surface area (Å²) in [5.74, 6) is 0. The molecule has 2 nitrogen and oxygen atoms in total. The number of aromatic nitrogens is 1. The smallest absolute Gasteiger partial charge is 0.256 e. The fourth-order valence-corrected chi connectivity index (χ4v) is 2.23. The molecular weight excluding hydrogens is 234 g/mol. The van der Waals surface area contributed by atoms with Gasteiger partial charge in [-0.25, -0.2) is 0 Å². The Morgan fingerprint density at radius 1 is 0.684 bits per heavy atom. The molecule has 19 heavy (non-hydrogen) atoms. The van der Waals surface area contributed by atoms with E-state index in [1.165, 1.54) is 0 Å². The third-order valence-electron chi connectivity index (χ3n) is 3.11. The fourth-order valence-electron chi connectivity index (χ4n) is 2.23. The summed E-state index contributed by atoms with van der Waals surface area (Å²) in [6.07, 6.45) is 1.69. The second-order valence-corrected chi connectivity index (χ2v) is 4.33. The van der Waals surface area contributed by atoms with Crippen LogP contribution in [0.25, 0.3) is 22.3 Å². The van der Waals surface area contributed by atoms with Gasteiger partial charge in [-0.05, 0) is 22.8 Å². The van der Waals surface area contributed by atoms with Crippen LogP contribution in [-0.4, -0.2) is 4.98 Å². The first kappa shape index (κ1) is 11.5. The number of H-pyrrole nitrogens is 1. The minimum atomic E-state index is -0.0625. The molecule has 0 amide bonds. The van der Waals surface area contributed by atoms with E-state index in [1.807, 2.05) is 66.7 Å². The summed E-state index contributed by atoms with van der Waals surface area (Å²) >= 11 is 0. The highest BCUT2D eigenvalue weighted by Gasteiger charge is 2.10. The Kier molecular flexibility index (Phi) is 2.99. The molecule has 3 rings (SSSR count). The van der Waals surface area contributed by atoms with Crippen molar-refractivity contribution in [2.75, 3.05) is 0 Å². The lowest BCUT2D eigenvalue weighted by Crippen LogP contribution is -2.09. The standard InChI is InChI=1S/C17H13NO/c19-17-16(14-9-5-2-6-10-14)15(11-12-18-17)13-7-3-1-4-8-13/h1-12H,(H,18,19). The summed E-state index contributed by atoms with van der Waals surface area (Å²) in [6.45, 7) is 0. The molecule has 92 valence electrons. The topological polar surface area (TPSA) is 32.9 Å². The van der Waals surface area contributed by atoms with Gasteiger partial charge in [-0.3, -0.25) is 4.79 Å². The van der Waals surface area contributed by atoms with E-state index in [9.17, 15) is 4.79 Å². The monoisotopic (exact) mass is 247 g/mol. The van der Waals surface area contributed by atoms with Crippen molar-refractivity contribution in [1.29, 1.82) is 0 Å². The van der Waals surface area contributed by atoms with E-state index in [2.05, 4.69) is 4.98 Å². The lowest BCUT2D eigenvalue weighted by Gasteiger charge is -2.08. The number of pyridine rings is 1. The molecule has 3 aromatic rings. The van der Waals surface area contributed by atoms with Gasteiger partial charge in [0.2, 0.25) is 0 Å². The molecule has 0 spiro atoms. The van der Waals surface area contributed by atoms with Crippen molar-refractivity contribution < 1.29 is 0 Å². The van der Waals surface area contributed by atoms with Crippen LogP contribution in [0.2, 0.25) is 0 Å². The number of rotatable bonds is 2. The molecule has 0 bridgehead atoms. The molecule has 0 unspecified atom stereocenters.